The highest BCUT2D eigenvalue weighted by Crippen LogP contribution is 2.23. The van der Waals surface area contributed by atoms with E-state index in [-0.39, 0.29) is 6.54 Å². The number of aliphatic carboxylic acids is 1. The molecule has 3 N–H and O–H groups in total. The number of anilines is 2. The largest absolute Gasteiger partial charge is 0.480 e. The molecule has 0 aliphatic heterocycles. The SMILES string of the molecule is Cc1c(Br)cccc1NC(=O)Nc1cnn(CC(=O)O)c1. The normalized spacial score (nSPS) is 10.2. The number of aromatic nitrogens is 2. The van der Waals surface area contributed by atoms with Crippen LogP contribution in [0.15, 0.2) is 35.1 Å². The summed E-state index contributed by atoms with van der Waals surface area (Å²) in [6, 6.07) is 5.06. The van der Waals surface area contributed by atoms with Crippen molar-refractivity contribution in [2.24, 2.45) is 0 Å². The van der Waals surface area contributed by atoms with E-state index >= 15 is 0 Å². The Hall–Kier alpha value is -2.35. The Morgan fingerprint density at radius 3 is 2.86 bits per heavy atom. The second-order valence-electron chi connectivity index (χ2n) is 4.31. The van der Waals surface area contributed by atoms with Crippen LogP contribution in [0, 0.1) is 6.92 Å². The maximum atomic E-state index is 11.9. The van der Waals surface area contributed by atoms with Gasteiger partial charge >= 0.3 is 12.0 Å². The number of hydrogen-bond donors (Lipinski definition) is 3. The Morgan fingerprint density at radius 2 is 2.14 bits per heavy atom. The molecule has 0 unspecified atom stereocenters. The van der Waals surface area contributed by atoms with Gasteiger partial charge < -0.3 is 15.7 Å². The van der Waals surface area contributed by atoms with Gasteiger partial charge in [0.15, 0.2) is 0 Å². The van der Waals surface area contributed by atoms with Gasteiger partial charge in [0.2, 0.25) is 0 Å². The lowest BCUT2D eigenvalue weighted by Gasteiger charge is -2.09. The number of hydrogen-bond acceptors (Lipinski definition) is 3. The van der Waals surface area contributed by atoms with Crippen molar-refractivity contribution in [1.29, 1.82) is 0 Å². The number of nitrogens with zero attached hydrogens (tertiary/aromatic N) is 2. The van der Waals surface area contributed by atoms with E-state index < -0.39 is 12.0 Å². The summed E-state index contributed by atoms with van der Waals surface area (Å²) in [4.78, 5) is 22.4. The molecule has 110 valence electrons. The van der Waals surface area contributed by atoms with E-state index in [1.807, 2.05) is 19.1 Å². The summed E-state index contributed by atoms with van der Waals surface area (Å²) in [5.41, 5.74) is 2.01. The molecule has 2 rings (SSSR count). The average Bonchev–Trinajstić information content (AvgIpc) is 2.81. The van der Waals surface area contributed by atoms with Crippen molar-refractivity contribution in [1.82, 2.24) is 9.78 Å². The minimum atomic E-state index is -1.00. The number of carboxylic acids is 1. The van der Waals surface area contributed by atoms with Gasteiger partial charge in [-0.3, -0.25) is 9.48 Å². The highest BCUT2D eigenvalue weighted by molar-refractivity contribution is 9.10. The van der Waals surface area contributed by atoms with Crippen LogP contribution in [0.4, 0.5) is 16.2 Å². The topological polar surface area (TPSA) is 96.3 Å². The number of carbonyl (C=O) groups is 2. The predicted octanol–water partition coefficient (Wildman–Crippen LogP) is 2.68. The first kappa shape index (κ1) is 15.0. The molecule has 0 aliphatic carbocycles. The fraction of sp³-hybridized carbons (Fsp3) is 0.154. The average molecular weight is 353 g/mol. The maximum Gasteiger partial charge on any atom is 0.325 e. The van der Waals surface area contributed by atoms with Crippen LogP contribution in [-0.2, 0) is 11.3 Å². The highest BCUT2D eigenvalue weighted by Gasteiger charge is 2.08. The monoisotopic (exact) mass is 352 g/mol. The van der Waals surface area contributed by atoms with Crippen LogP contribution in [-0.4, -0.2) is 26.9 Å². The Balaban J connectivity index is 2.00. The van der Waals surface area contributed by atoms with E-state index in [0.29, 0.717) is 11.4 Å². The summed E-state index contributed by atoms with van der Waals surface area (Å²) in [5.74, 6) is -1.00. The zero-order chi connectivity index (χ0) is 15.4. The summed E-state index contributed by atoms with van der Waals surface area (Å²) in [6.45, 7) is 1.62. The molecule has 0 atom stereocenters. The Bertz CT molecular complexity index is 684. The van der Waals surface area contributed by atoms with Crippen molar-refractivity contribution in [3.8, 4) is 0 Å². The van der Waals surface area contributed by atoms with E-state index in [1.165, 1.54) is 17.1 Å². The fourth-order valence-electron chi connectivity index (χ4n) is 1.68. The second-order valence-corrected chi connectivity index (χ2v) is 5.17. The maximum absolute atomic E-state index is 11.9. The molecule has 0 spiro atoms. The minimum Gasteiger partial charge on any atom is -0.480 e. The minimum absolute atomic E-state index is 0.256. The number of rotatable bonds is 4. The Labute approximate surface area is 129 Å². The van der Waals surface area contributed by atoms with Crippen LogP contribution in [0.25, 0.3) is 0 Å². The van der Waals surface area contributed by atoms with Gasteiger partial charge in [-0.1, -0.05) is 22.0 Å². The number of carboxylic acid groups (broad SMARTS) is 1. The zero-order valence-corrected chi connectivity index (χ0v) is 12.7. The molecule has 1 aromatic heterocycles. The van der Waals surface area contributed by atoms with Gasteiger partial charge in [0, 0.05) is 16.4 Å². The summed E-state index contributed by atoms with van der Waals surface area (Å²) in [7, 11) is 0. The number of benzene rings is 1. The molecule has 21 heavy (non-hydrogen) atoms. The molecule has 0 aliphatic rings. The molecule has 2 aromatic rings. The molecule has 0 radical (unpaired) electrons. The van der Waals surface area contributed by atoms with E-state index in [9.17, 15) is 9.59 Å². The van der Waals surface area contributed by atoms with Gasteiger partial charge in [-0.05, 0) is 24.6 Å². The Morgan fingerprint density at radius 1 is 1.38 bits per heavy atom. The van der Waals surface area contributed by atoms with Crippen LogP contribution in [0.1, 0.15) is 5.56 Å². The molecule has 8 heteroatoms. The summed E-state index contributed by atoms with van der Waals surface area (Å²) in [6.07, 6.45) is 2.83. The fourth-order valence-corrected chi connectivity index (χ4v) is 2.05. The van der Waals surface area contributed by atoms with Crippen molar-refractivity contribution in [2.45, 2.75) is 13.5 Å². The van der Waals surface area contributed by atoms with E-state index in [1.54, 1.807) is 6.07 Å². The van der Waals surface area contributed by atoms with E-state index in [0.717, 1.165) is 10.0 Å². The van der Waals surface area contributed by atoms with Crippen molar-refractivity contribution < 1.29 is 14.7 Å². The van der Waals surface area contributed by atoms with Gasteiger partial charge in [-0.2, -0.15) is 5.10 Å². The third-order valence-electron chi connectivity index (χ3n) is 2.70. The number of carbonyl (C=O) groups excluding carboxylic acids is 1. The molecule has 0 saturated carbocycles. The summed E-state index contributed by atoms with van der Waals surface area (Å²) < 4.78 is 2.12. The van der Waals surface area contributed by atoms with Gasteiger partial charge in [-0.15, -0.1) is 0 Å². The molecule has 0 fully saturated rings. The van der Waals surface area contributed by atoms with Crippen LogP contribution in [0.3, 0.4) is 0 Å². The van der Waals surface area contributed by atoms with Gasteiger partial charge in [0.05, 0.1) is 11.9 Å². The van der Waals surface area contributed by atoms with Crippen molar-refractivity contribution in [3.63, 3.8) is 0 Å². The van der Waals surface area contributed by atoms with Gasteiger partial charge in [0.25, 0.3) is 0 Å². The van der Waals surface area contributed by atoms with Crippen LogP contribution in [0.2, 0.25) is 0 Å². The molecular formula is C13H13BrN4O3. The first-order valence-corrected chi connectivity index (χ1v) is 6.82. The summed E-state index contributed by atoms with van der Waals surface area (Å²) >= 11 is 3.39. The van der Waals surface area contributed by atoms with Crippen LogP contribution >= 0.6 is 15.9 Å². The lowest BCUT2D eigenvalue weighted by molar-refractivity contribution is -0.137. The molecule has 0 saturated heterocycles. The first-order chi connectivity index (χ1) is 9.95. The Kier molecular flexibility index (Phi) is 4.59. The standard InChI is InChI=1S/C13H13BrN4O3/c1-8-10(14)3-2-4-11(8)17-13(21)16-9-5-15-18(6-9)7-12(19)20/h2-6H,7H2,1H3,(H,19,20)(H2,16,17,21). The molecule has 0 bridgehead atoms. The van der Waals surface area contributed by atoms with Crippen molar-refractivity contribution in [3.05, 3.63) is 40.6 Å². The number of halogens is 1. The second kappa shape index (κ2) is 6.40. The van der Waals surface area contributed by atoms with Gasteiger partial charge in [-0.25, -0.2) is 4.79 Å². The number of nitrogens with one attached hydrogen (secondary N) is 2. The first-order valence-electron chi connectivity index (χ1n) is 6.03. The molecule has 7 nitrogen and oxygen atoms in total. The van der Waals surface area contributed by atoms with E-state index in [2.05, 4.69) is 31.7 Å². The van der Waals surface area contributed by atoms with Crippen LogP contribution in [0.5, 0.6) is 0 Å². The third kappa shape index (κ3) is 4.06. The third-order valence-corrected chi connectivity index (χ3v) is 3.56. The quantitative estimate of drug-likeness (QED) is 0.787. The lowest BCUT2D eigenvalue weighted by Crippen LogP contribution is -2.19. The summed E-state index contributed by atoms with van der Waals surface area (Å²) in [5, 5.41) is 17.8. The predicted molar refractivity (Wildman–Crippen MR) is 81.4 cm³/mol. The number of urea groups is 1. The van der Waals surface area contributed by atoms with Crippen LogP contribution < -0.4 is 10.6 Å². The molecule has 2 amide bonds. The van der Waals surface area contributed by atoms with Gasteiger partial charge in [0.1, 0.15) is 6.54 Å². The van der Waals surface area contributed by atoms with Crippen molar-refractivity contribution >= 4 is 39.3 Å². The molecular weight excluding hydrogens is 340 g/mol. The molecule has 1 heterocycles. The lowest BCUT2D eigenvalue weighted by atomic mass is 10.2. The van der Waals surface area contributed by atoms with Crippen molar-refractivity contribution in [2.75, 3.05) is 10.6 Å². The number of amides is 2. The highest BCUT2D eigenvalue weighted by atomic mass is 79.9. The van der Waals surface area contributed by atoms with E-state index in [4.69, 9.17) is 5.11 Å². The molecule has 1 aromatic carbocycles. The smallest absolute Gasteiger partial charge is 0.325 e. The zero-order valence-electron chi connectivity index (χ0n) is 11.1.